The molecule has 0 N–H and O–H groups in total. The third kappa shape index (κ3) is 2.93. The molecule has 3 rings (SSSR count). The zero-order chi connectivity index (χ0) is 15.4. The molecule has 110 valence electrons. The molecule has 0 bridgehead atoms. The molecule has 3 aromatic rings. The quantitative estimate of drug-likeness (QED) is 0.664. The highest BCUT2D eigenvalue weighted by molar-refractivity contribution is 5.98. The van der Waals surface area contributed by atoms with E-state index in [9.17, 15) is 4.79 Å². The van der Waals surface area contributed by atoms with E-state index in [1.165, 1.54) is 0 Å². The molecule has 0 aromatic heterocycles. The molecule has 0 amide bonds. The summed E-state index contributed by atoms with van der Waals surface area (Å²) in [6.07, 6.45) is 0. The van der Waals surface area contributed by atoms with Crippen molar-refractivity contribution in [3.8, 4) is 11.5 Å². The van der Waals surface area contributed by atoms with E-state index in [2.05, 4.69) is 0 Å². The minimum Gasteiger partial charge on any atom is -0.497 e. The lowest BCUT2D eigenvalue weighted by molar-refractivity contribution is 0.0922. The van der Waals surface area contributed by atoms with Gasteiger partial charge in [0.2, 0.25) is 0 Å². The van der Waals surface area contributed by atoms with Crippen LogP contribution >= 0.6 is 0 Å². The Hall–Kier alpha value is -2.81. The van der Waals surface area contributed by atoms with Crippen molar-refractivity contribution < 1.29 is 14.3 Å². The van der Waals surface area contributed by atoms with Crippen molar-refractivity contribution in [1.29, 1.82) is 0 Å². The summed E-state index contributed by atoms with van der Waals surface area (Å²) >= 11 is 0. The summed E-state index contributed by atoms with van der Waals surface area (Å²) in [6.45, 7) is 0.00117. The standard InChI is InChI=1S/C19H16O3/c1-21-16-9-4-8-15(12-16)18(20)13-22-19-11-5-7-14-6-2-3-10-17(14)19/h2-12H,13H2,1H3. The van der Waals surface area contributed by atoms with Crippen molar-refractivity contribution in [2.24, 2.45) is 0 Å². The zero-order valence-corrected chi connectivity index (χ0v) is 12.3. The van der Waals surface area contributed by atoms with Gasteiger partial charge in [-0.05, 0) is 23.6 Å². The van der Waals surface area contributed by atoms with Crippen LogP contribution in [-0.4, -0.2) is 19.5 Å². The van der Waals surface area contributed by atoms with Gasteiger partial charge in [-0.15, -0.1) is 0 Å². The molecule has 0 fully saturated rings. The predicted octanol–water partition coefficient (Wildman–Crippen LogP) is 4.11. The van der Waals surface area contributed by atoms with Crippen LogP contribution in [0, 0.1) is 0 Å². The van der Waals surface area contributed by atoms with Crippen LogP contribution in [-0.2, 0) is 0 Å². The molecule has 3 heteroatoms. The lowest BCUT2D eigenvalue weighted by Gasteiger charge is -2.09. The maximum atomic E-state index is 12.2. The molecule has 3 aromatic carbocycles. The largest absolute Gasteiger partial charge is 0.497 e. The fourth-order valence-electron chi connectivity index (χ4n) is 2.34. The topological polar surface area (TPSA) is 35.5 Å². The van der Waals surface area contributed by atoms with Crippen molar-refractivity contribution >= 4 is 16.6 Å². The Morgan fingerprint density at radius 2 is 1.73 bits per heavy atom. The summed E-state index contributed by atoms with van der Waals surface area (Å²) < 4.78 is 10.9. The first-order valence-electron chi connectivity index (χ1n) is 7.06. The molecule has 0 heterocycles. The number of ketones is 1. The monoisotopic (exact) mass is 292 g/mol. The van der Waals surface area contributed by atoms with Gasteiger partial charge in [0, 0.05) is 10.9 Å². The van der Waals surface area contributed by atoms with Gasteiger partial charge >= 0.3 is 0 Å². The Balaban J connectivity index is 1.77. The molecule has 0 saturated heterocycles. The van der Waals surface area contributed by atoms with Crippen molar-refractivity contribution in [3.05, 3.63) is 72.3 Å². The molecule has 0 unspecified atom stereocenters. The average Bonchev–Trinajstić information content (AvgIpc) is 2.59. The molecule has 0 radical (unpaired) electrons. The third-order valence-electron chi connectivity index (χ3n) is 3.50. The van der Waals surface area contributed by atoms with E-state index >= 15 is 0 Å². The number of methoxy groups -OCH3 is 1. The summed E-state index contributed by atoms with van der Waals surface area (Å²) in [7, 11) is 1.58. The first kappa shape index (κ1) is 14.1. The van der Waals surface area contributed by atoms with Crippen LogP contribution in [0.25, 0.3) is 10.8 Å². The van der Waals surface area contributed by atoms with Gasteiger partial charge in [0.25, 0.3) is 0 Å². The van der Waals surface area contributed by atoms with E-state index in [1.807, 2.05) is 48.5 Å². The third-order valence-corrected chi connectivity index (χ3v) is 3.50. The van der Waals surface area contributed by atoms with E-state index in [1.54, 1.807) is 25.3 Å². The van der Waals surface area contributed by atoms with Crippen LogP contribution < -0.4 is 9.47 Å². The van der Waals surface area contributed by atoms with Crippen LogP contribution in [0.1, 0.15) is 10.4 Å². The van der Waals surface area contributed by atoms with Gasteiger partial charge in [-0.2, -0.15) is 0 Å². The molecule has 0 aliphatic heterocycles. The maximum absolute atomic E-state index is 12.2. The summed E-state index contributed by atoms with van der Waals surface area (Å²) in [4.78, 5) is 12.2. The molecule has 0 aliphatic rings. The number of benzene rings is 3. The Kier molecular flexibility index (Phi) is 4.05. The highest BCUT2D eigenvalue weighted by Gasteiger charge is 2.09. The molecular weight excluding hydrogens is 276 g/mol. The van der Waals surface area contributed by atoms with Gasteiger partial charge in [-0.1, -0.05) is 48.5 Å². The first-order valence-corrected chi connectivity index (χ1v) is 7.06. The highest BCUT2D eigenvalue weighted by atomic mass is 16.5. The van der Waals surface area contributed by atoms with Crippen LogP contribution in [0.3, 0.4) is 0 Å². The minimum atomic E-state index is -0.0770. The number of rotatable bonds is 5. The summed E-state index contributed by atoms with van der Waals surface area (Å²) in [5.41, 5.74) is 0.583. The fourth-order valence-corrected chi connectivity index (χ4v) is 2.34. The number of fused-ring (bicyclic) bond motifs is 1. The number of carbonyl (C=O) groups is 1. The molecule has 0 spiro atoms. The Morgan fingerprint density at radius 3 is 2.59 bits per heavy atom. The van der Waals surface area contributed by atoms with Gasteiger partial charge < -0.3 is 9.47 Å². The zero-order valence-electron chi connectivity index (χ0n) is 12.3. The number of ether oxygens (including phenoxy) is 2. The molecule has 0 atom stereocenters. The van der Waals surface area contributed by atoms with Crippen LogP contribution in [0.15, 0.2) is 66.7 Å². The van der Waals surface area contributed by atoms with E-state index in [0.717, 1.165) is 10.8 Å². The second kappa shape index (κ2) is 6.31. The van der Waals surface area contributed by atoms with Gasteiger partial charge in [-0.3, -0.25) is 4.79 Å². The van der Waals surface area contributed by atoms with Gasteiger partial charge in [0.15, 0.2) is 12.4 Å². The minimum absolute atomic E-state index is 0.00117. The number of hydrogen-bond acceptors (Lipinski definition) is 3. The normalized spacial score (nSPS) is 10.4. The molecule has 0 aliphatic carbocycles. The van der Waals surface area contributed by atoms with Gasteiger partial charge in [0.1, 0.15) is 11.5 Å². The second-order valence-electron chi connectivity index (χ2n) is 4.92. The van der Waals surface area contributed by atoms with Crippen LogP contribution in [0.4, 0.5) is 0 Å². The second-order valence-corrected chi connectivity index (χ2v) is 4.92. The molecular formula is C19H16O3. The van der Waals surface area contributed by atoms with Gasteiger partial charge in [-0.25, -0.2) is 0 Å². The van der Waals surface area contributed by atoms with Crippen molar-refractivity contribution in [1.82, 2.24) is 0 Å². The van der Waals surface area contributed by atoms with Crippen molar-refractivity contribution in [3.63, 3.8) is 0 Å². The SMILES string of the molecule is COc1cccc(C(=O)COc2cccc3ccccc23)c1. The smallest absolute Gasteiger partial charge is 0.200 e. The Bertz CT molecular complexity index is 803. The number of Topliss-reactive ketones (excluding diaryl/α,β-unsaturated/α-hetero) is 1. The Morgan fingerprint density at radius 1 is 0.955 bits per heavy atom. The van der Waals surface area contributed by atoms with Gasteiger partial charge in [0.05, 0.1) is 7.11 Å². The number of carbonyl (C=O) groups excluding carboxylic acids is 1. The molecule has 0 saturated carbocycles. The van der Waals surface area contributed by atoms with Crippen LogP contribution in [0.5, 0.6) is 11.5 Å². The van der Waals surface area contributed by atoms with E-state index < -0.39 is 0 Å². The lowest BCUT2D eigenvalue weighted by Crippen LogP contribution is -2.11. The van der Waals surface area contributed by atoms with E-state index in [-0.39, 0.29) is 12.4 Å². The highest BCUT2D eigenvalue weighted by Crippen LogP contribution is 2.25. The summed E-state index contributed by atoms with van der Waals surface area (Å²) in [6, 6.07) is 20.8. The molecule has 22 heavy (non-hydrogen) atoms. The Labute approximate surface area is 129 Å². The maximum Gasteiger partial charge on any atom is 0.200 e. The lowest BCUT2D eigenvalue weighted by atomic mass is 10.1. The summed E-state index contributed by atoms with van der Waals surface area (Å²) in [5, 5.41) is 2.09. The average molecular weight is 292 g/mol. The number of hydrogen-bond donors (Lipinski definition) is 0. The predicted molar refractivity (Wildman–Crippen MR) is 86.8 cm³/mol. The van der Waals surface area contributed by atoms with Crippen molar-refractivity contribution in [2.75, 3.05) is 13.7 Å². The van der Waals surface area contributed by atoms with Crippen molar-refractivity contribution in [2.45, 2.75) is 0 Å². The van der Waals surface area contributed by atoms with E-state index in [4.69, 9.17) is 9.47 Å². The fraction of sp³-hybridized carbons (Fsp3) is 0.105. The summed E-state index contributed by atoms with van der Waals surface area (Å²) in [5.74, 6) is 1.30. The molecule has 3 nitrogen and oxygen atoms in total. The van der Waals surface area contributed by atoms with Crippen LogP contribution in [0.2, 0.25) is 0 Å². The van der Waals surface area contributed by atoms with E-state index in [0.29, 0.717) is 17.1 Å². The first-order chi connectivity index (χ1) is 10.8.